The van der Waals surface area contributed by atoms with Crippen LogP contribution in [-0.2, 0) is 6.42 Å². The second kappa shape index (κ2) is 7.23. The molecule has 0 radical (unpaired) electrons. The third kappa shape index (κ3) is 4.87. The zero-order valence-corrected chi connectivity index (χ0v) is 13.3. The Labute approximate surface area is 127 Å². The van der Waals surface area contributed by atoms with E-state index in [1.165, 1.54) is 11.1 Å². The van der Waals surface area contributed by atoms with Gasteiger partial charge in [0.05, 0.1) is 6.26 Å². The number of furan rings is 1. The van der Waals surface area contributed by atoms with Crippen LogP contribution >= 0.6 is 0 Å². The molecular formula is C18H24N2O. The molecule has 0 bridgehead atoms. The van der Waals surface area contributed by atoms with Gasteiger partial charge in [-0.25, -0.2) is 0 Å². The third-order valence-electron chi connectivity index (χ3n) is 3.66. The Morgan fingerprint density at radius 1 is 1.43 bits per heavy atom. The zero-order chi connectivity index (χ0) is 15.2. The van der Waals surface area contributed by atoms with Crippen LogP contribution in [0.25, 0.3) is 6.08 Å². The van der Waals surface area contributed by atoms with E-state index >= 15 is 0 Å². The van der Waals surface area contributed by atoms with E-state index in [0.717, 1.165) is 24.4 Å². The smallest absolute Gasteiger partial charge is 0.126 e. The van der Waals surface area contributed by atoms with E-state index in [1.807, 2.05) is 24.4 Å². The fourth-order valence-electron chi connectivity index (χ4n) is 2.38. The summed E-state index contributed by atoms with van der Waals surface area (Å²) in [6, 6.07) is 8.53. The van der Waals surface area contributed by atoms with Gasteiger partial charge in [-0.2, -0.15) is 0 Å². The van der Waals surface area contributed by atoms with Crippen molar-refractivity contribution in [3.05, 3.63) is 59.3 Å². The predicted octanol–water partition coefficient (Wildman–Crippen LogP) is 3.95. The normalized spacial score (nSPS) is 13.7. The lowest BCUT2D eigenvalue weighted by Gasteiger charge is -2.24. The van der Waals surface area contributed by atoms with Crippen molar-refractivity contribution >= 4 is 6.08 Å². The molecule has 1 unspecified atom stereocenters. The molecule has 2 rings (SSSR count). The summed E-state index contributed by atoms with van der Waals surface area (Å²) in [6.07, 6.45) is 6.65. The number of hydrogen-bond donors (Lipinski definition) is 0. The van der Waals surface area contributed by atoms with Crippen LogP contribution in [0, 0.1) is 6.92 Å². The number of aromatic nitrogens is 1. The lowest BCUT2D eigenvalue weighted by Crippen LogP contribution is -2.32. The maximum absolute atomic E-state index is 5.35. The summed E-state index contributed by atoms with van der Waals surface area (Å²) in [5.74, 6) is 0.911. The van der Waals surface area contributed by atoms with Crippen LogP contribution in [0.1, 0.15) is 30.9 Å². The Balaban J connectivity index is 1.91. The lowest BCUT2D eigenvalue weighted by atomic mass is 10.1. The molecule has 0 aliphatic heterocycles. The standard InChI is InChI=1S/C18H24N2O/c1-14-7-8-19-17(10-14)12-16(3)20(4)13-15(2)11-18-6-5-9-21-18/h5-11,16H,12-13H2,1-4H3. The van der Waals surface area contributed by atoms with Crippen molar-refractivity contribution in [3.8, 4) is 0 Å². The van der Waals surface area contributed by atoms with Gasteiger partial charge in [0.2, 0.25) is 0 Å². The molecule has 0 spiro atoms. The molecule has 0 saturated heterocycles. The molecule has 0 aliphatic carbocycles. The van der Waals surface area contributed by atoms with Crippen LogP contribution in [0.5, 0.6) is 0 Å². The van der Waals surface area contributed by atoms with Gasteiger partial charge in [0.1, 0.15) is 5.76 Å². The third-order valence-corrected chi connectivity index (χ3v) is 3.66. The fraction of sp³-hybridized carbons (Fsp3) is 0.389. The Morgan fingerprint density at radius 2 is 2.24 bits per heavy atom. The number of aryl methyl sites for hydroxylation is 1. The van der Waals surface area contributed by atoms with Crippen LogP contribution in [-0.4, -0.2) is 29.5 Å². The highest BCUT2D eigenvalue weighted by molar-refractivity contribution is 5.46. The Hall–Kier alpha value is -1.87. The first kappa shape index (κ1) is 15.5. The van der Waals surface area contributed by atoms with Gasteiger partial charge in [0, 0.05) is 30.9 Å². The molecule has 3 nitrogen and oxygen atoms in total. The van der Waals surface area contributed by atoms with Gasteiger partial charge < -0.3 is 4.42 Å². The van der Waals surface area contributed by atoms with Gasteiger partial charge in [-0.1, -0.05) is 5.57 Å². The van der Waals surface area contributed by atoms with Crippen LogP contribution < -0.4 is 0 Å². The Bertz CT molecular complexity index is 587. The van der Waals surface area contributed by atoms with Crippen molar-refractivity contribution in [2.75, 3.05) is 13.6 Å². The van der Waals surface area contributed by atoms with Gasteiger partial charge in [-0.05, 0) is 63.7 Å². The summed E-state index contributed by atoms with van der Waals surface area (Å²) < 4.78 is 5.35. The first-order chi connectivity index (χ1) is 10.0. The van der Waals surface area contributed by atoms with Crippen LogP contribution in [0.3, 0.4) is 0 Å². The highest BCUT2D eigenvalue weighted by Gasteiger charge is 2.11. The lowest BCUT2D eigenvalue weighted by molar-refractivity contribution is 0.276. The predicted molar refractivity (Wildman–Crippen MR) is 87.1 cm³/mol. The first-order valence-electron chi connectivity index (χ1n) is 7.37. The molecular weight excluding hydrogens is 260 g/mol. The van der Waals surface area contributed by atoms with Crippen molar-refractivity contribution in [1.82, 2.24) is 9.88 Å². The van der Waals surface area contributed by atoms with Crippen molar-refractivity contribution in [3.63, 3.8) is 0 Å². The molecule has 1 atom stereocenters. The molecule has 0 amide bonds. The molecule has 3 heteroatoms. The van der Waals surface area contributed by atoms with Gasteiger partial charge in [-0.15, -0.1) is 0 Å². The van der Waals surface area contributed by atoms with Crippen molar-refractivity contribution < 1.29 is 4.42 Å². The molecule has 21 heavy (non-hydrogen) atoms. The first-order valence-corrected chi connectivity index (χ1v) is 7.37. The monoisotopic (exact) mass is 284 g/mol. The summed E-state index contributed by atoms with van der Waals surface area (Å²) in [5, 5.41) is 0. The average Bonchev–Trinajstić information content (AvgIpc) is 2.91. The van der Waals surface area contributed by atoms with Gasteiger partial charge in [-0.3, -0.25) is 9.88 Å². The van der Waals surface area contributed by atoms with Gasteiger partial charge >= 0.3 is 0 Å². The minimum absolute atomic E-state index is 0.444. The molecule has 0 N–H and O–H groups in total. The number of rotatable bonds is 6. The maximum Gasteiger partial charge on any atom is 0.126 e. The summed E-state index contributed by atoms with van der Waals surface area (Å²) in [5.41, 5.74) is 3.71. The zero-order valence-electron chi connectivity index (χ0n) is 13.3. The number of hydrogen-bond acceptors (Lipinski definition) is 3. The molecule has 0 fully saturated rings. The Morgan fingerprint density at radius 3 is 2.90 bits per heavy atom. The molecule has 2 aromatic heterocycles. The number of likely N-dealkylation sites (N-methyl/N-ethyl adjacent to an activating group) is 1. The average molecular weight is 284 g/mol. The van der Waals surface area contributed by atoms with Gasteiger partial charge in [0.15, 0.2) is 0 Å². The Kier molecular flexibility index (Phi) is 5.34. The molecule has 0 aliphatic rings. The van der Waals surface area contributed by atoms with Crippen molar-refractivity contribution in [1.29, 1.82) is 0 Å². The van der Waals surface area contributed by atoms with Crippen LogP contribution in [0.2, 0.25) is 0 Å². The van der Waals surface area contributed by atoms with Crippen molar-refractivity contribution in [2.45, 2.75) is 33.2 Å². The molecule has 112 valence electrons. The summed E-state index contributed by atoms with van der Waals surface area (Å²) in [6.45, 7) is 7.41. The van der Waals surface area contributed by atoms with Crippen LogP contribution in [0.4, 0.5) is 0 Å². The SMILES string of the molecule is CC(=Cc1ccco1)CN(C)C(C)Cc1cc(C)ccn1. The second-order valence-corrected chi connectivity index (χ2v) is 5.80. The number of pyridine rings is 1. The van der Waals surface area contributed by atoms with Gasteiger partial charge in [0.25, 0.3) is 0 Å². The molecule has 0 saturated carbocycles. The summed E-state index contributed by atoms with van der Waals surface area (Å²) >= 11 is 0. The molecule has 2 heterocycles. The largest absolute Gasteiger partial charge is 0.465 e. The minimum Gasteiger partial charge on any atom is -0.465 e. The number of nitrogens with zero attached hydrogens (tertiary/aromatic N) is 2. The highest BCUT2D eigenvalue weighted by atomic mass is 16.3. The topological polar surface area (TPSA) is 29.3 Å². The van der Waals surface area contributed by atoms with Crippen LogP contribution in [0.15, 0.2) is 46.7 Å². The molecule has 0 aromatic carbocycles. The van der Waals surface area contributed by atoms with E-state index in [0.29, 0.717) is 6.04 Å². The highest BCUT2D eigenvalue weighted by Crippen LogP contribution is 2.11. The molecule has 2 aromatic rings. The van der Waals surface area contributed by atoms with E-state index in [9.17, 15) is 0 Å². The minimum atomic E-state index is 0.444. The quantitative estimate of drug-likeness (QED) is 0.804. The maximum atomic E-state index is 5.35. The second-order valence-electron chi connectivity index (χ2n) is 5.80. The van der Waals surface area contributed by atoms with Crippen molar-refractivity contribution in [2.24, 2.45) is 0 Å². The van der Waals surface area contributed by atoms with E-state index in [-0.39, 0.29) is 0 Å². The van der Waals surface area contributed by atoms with E-state index in [4.69, 9.17) is 4.42 Å². The summed E-state index contributed by atoms with van der Waals surface area (Å²) in [4.78, 5) is 6.79. The fourth-order valence-corrected chi connectivity index (χ4v) is 2.38. The van der Waals surface area contributed by atoms with E-state index in [2.05, 4.69) is 49.8 Å². The van der Waals surface area contributed by atoms with E-state index < -0.39 is 0 Å². The van der Waals surface area contributed by atoms with E-state index in [1.54, 1.807) is 6.26 Å². The summed E-state index contributed by atoms with van der Waals surface area (Å²) in [7, 11) is 2.15.